The number of alkyl halides is 3. The van der Waals surface area contributed by atoms with Gasteiger partial charge in [-0.15, -0.1) is 0 Å². The maximum absolute atomic E-state index is 13.2. The number of carbonyl (C=O) groups excluding carboxylic acids is 2. The molecule has 5 nitrogen and oxygen atoms in total. The van der Waals surface area contributed by atoms with E-state index in [2.05, 4.69) is 29.7 Å². The summed E-state index contributed by atoms with van der Waals surface area (Å²) in [6.07, 6.45) is -2.82. The quantitative estimate of drug-likeness (QED) is 0.210. The highest BCUT2D eigenvalue weighted by Gasteiger charge is 2.30. The summed E-state index contributed by atoms with van der Waals surface area (Å²) in [7, 11) is 1.71. The molecule has 0 aliphatic carbocycles. The molecule has 5 rings (SSSR count). The van der Waals surface area contributed by atoms with Gasteiger partial charge in [-0.1, -0.05) is 78.9 Å². The van der Waals surface area contributed by atoms with Gasteiger partial charge in [0.05, 0.1) is 11.3 Å². The van der Waals surface area contributed by atoms with Crippen LogP contribution in [0.4, 0.5) is 18.9 Å². The number of nitrogens with one attached hydrogen (secondary N) is 2. The number of aromatic nitrogens is 1. The highest BCUT2D eigenvalue weighted by Crippen LogP contribution is 2.32. The highest BCUT2D eigenvalue weighted by molar-refractivity contribution is 6.09. The molecule has 5 aromatic rings. The third-order valence-electron chi connectivity index (χ3n) is 7.05. The van der Waals surface area contributed by atoms with E-state index in [-0.39, 0.29) is 5.91 Å². The van der Waals surface area contributed by atoms with E-state index in [1.54, 1.807) is 48.1 Å². The third-order valence-corrected chi connectivity index (χ3v) is 7.05. The van der Waals surface area contributed by atoms with Crippen LogP contribution in [0.25, 0.3) is 22.3 Å². The largest absolute Gasteiger partial charge is 0.416 e. The standard InChI is InChI=1S/C34H28F3N3O2/c1-22-7-3-4-8-28(22)24-13-11-23(12-14-24)20-38-33(42)31-19-27(21-40(31)2)39-32(41)30-10-6-5-9-29(30)25-15-17-26(18-16-25)34(35,36)37/h3-19,21H,20H2,1-2H3,(H,38,42)(H,39,41). The zero-order valence-electron chi connectivity index (χ0n) is 23.0. The molecule has 1 heterocycles. The molecule has 0 aliphatic rings. The molecule has 4 aromatic carbocycles. The number of halogens is 3. The Hall–Kier alpha value is -5.11. The number of carbonyl (C=O) groups is 2. The van der Waals surface area contributed by atoms with Crippen molar-refractivity contribution in [2.75, 3.05) is 5.32 Å². The number of hydrogen-bond acceptors (Lipinski definition) is 2. The van der Waals surface area contributed by atoms with Crippen molar-refractivity contribution in [1.82, 2.24) is 9.88 Å². The molecule has 42 heavy (non-hydrogen) atoms. The lowest BCUT2D eigenvalue weighted by Gasteiger charge is -2.11. The van der Waals surface area contributed by atoms with Gasteiger partial charge in [0.2, 0.25) is 0 Å². The minimum absolute atomic E-state index is 0.293. The van der Waals surface area contributed by atoms with Crippen LogP contribution in [0.15, 0.2) is 109 Å². The molecule has 1 aromatic heterocycles. The molecule has 2 N–H and O–H groups in total. The van der Waals surface area contributed by atoms with Crippen molar-refractivity contribution >= 4 is 17.5 Å². The predicted molar refractivity (Wildman–Crippen MR) is 158 cm³/mol. The lowest BCUT2D eigenvalue weighted by atomic mass is 9.98. The molecule has 0 atom stereocenters. The molecule has 0 radical (unpaired) electrons. The average Bonchev–Trinajstić information content (AvgIpc) is 3.35. The van der Waals surface area contributed by atoms with E-state index in [1.807, 2.05) is 36.4 Å². The van der Waals surface area contributed by atoms with Crippen LogP contribution in [-0.2, 0) is 19.8 Å². The van der Waals surface area contributed by atoms with Gasteiger partial charge >= 0.3 is 6.18 Å². The van der Waals surface area contributed by atoms with Gasteiger partial charge in [-0.25, -0.2) is 0 Å². The number of amides is 2. The van der Waals surface area contributed by atoms with E-state index in [1.165, 1.54) is 17.7 Å². The highest BCUT2D eigenvalue weighted by atomic mass is 19.4. The summed E-state index contributed by atoms with van der Waals surface area (Å²) in [5, 5.41) is 5.72. The molecular formula is C34H28F3N3O2. The topological polar surface area (TPSA) is 63.1 Å². The maximum atomic E-state index is 13.2. The predicted octanol–water partition coefficient (Wildman–Crippen LogP) is 7.87. The summed E-state index contributed by atoms with van der Waals surface area (Å²) in [5.74, 6) is -0.747. The smallest absolute Gasteiger partial charge is 0.347 e. The van der Waals surface area contributed by atoms with Gasteiger partial charge in [0.1, 0.15) is 5.69 Å². The molecule has 0 saturated heterocycles. The first-order valence-electron chi connectivity index (χ1n) is 13.3. The minimum Gasteiger partial charge on any atom is -0.347 e. The second-order valence-electron chi connectivity index (χ2n) is 9.99. The lowest BCUT2D eigenvalue weighted by Crippen LogP contribution is -2.24. The minimum atomic E-state index is -4.45. The normalized spacial score (nSPS) is 11.3. The lowest BCUT2D eigenvalue weighted by molar-refractivity contribution is -0.137. The maximum Gasteiger partial charge on any atom is 0.416 e. The summed E-state index contributed by atoms with van der Waals surface area (Å²) in [5.41, 5.74) is 5.68. The van der Waals surface area contributed by atoms with Gasteiger partial charge in [0, 0.05) is 25.4 Å². The van der Waals surface area contributed by atoms with Crippen LogP contribution in [0.3, 0.4) is 0 Å². The molecule has 0 aliphatic heterocycles. The van der Waals surface area contributed by atoms with Crippen molar-refractivity contribution in [3.63, 3.8) is 0 Å². The number of nitrogens with zero attached hydrogens (tertiary/aromatic N) is 1. The van der Waals surface area contributed by atoms with Gasteiger partial charge in [-0.3, -0.25) is 9.59 Å². The van der Waals surface area contributed by atoms with Crippen LogP contribution in [0.1, 0.15) is 37.5 Å². The summed E-state index contributed by atoms with van der Waals surface area (Å²) >= 11 is 0. The van der Waals surface area contributed by atoms with Crippen LogP contribution in [0, 0.1) is 6.92 Å². The summed E-state index contributed by atoms with van der Waals surface area (Å²) in [6.45, 7) is 2.40. The molecule has 212 valence electrons. The van der Waals surface area contributed by atoms with Crippen molar-refractivity contribution in [3.05, 3.63) is 137 Å². The molecule has 2 amide bonds. The van der Waals surface area contributed by atoms with Gasteiger partial charge in [0.25, 0.3) is 11.8 Å². The van der Waals surface area contributed by atoms with E-state index in [9.17, 15) is 22.8 Å². The second kappa shape index (κ2) is 11.8. The Balaban J connectivity index is 1.25. The third kappa shape index (κ3) is 6.28. The first-order valence-corrected chi connectivity index (χ1v) is 13.3. The Kier molecular flexibility index (Phi) is 7.97. The van der Waals surface area contributed by atoms with Gasteiger partial charge in [-0.05, 0) is 64.6 Å². The first-order chi connectivity index (χ1) is 20.1. The zero-order chi connectivity index (χ0) is 29.9. The Morgan fingerprint density at radius 1 is 0.762 bits per heavy atom. The second-order valence-corrected chi connectivity index (χ2v) is 9.99. The van der Waals surface area contributed by atoms with E-state index in [0.717, 1.165) is 28.8 Å². The summed E-state index contributed by atoms with van der Waals surface area (Å²) in [6, 6.07) is 29.1. The van der Waals surface area contributed by atoms with E-state index in [0.29, 0.717) is 34.6 Å². The molecule has 0 unspecified atom stereocenters. The average molecular weight is 568 g/mol. The van der Waals surface area contributed by atoms with Gasteiger partial charge < -0.3 is 15.2 Å². The molecular weight excluding hydrogens is 539 g/mol. The summed E-state index contributed by atoms with van der Waals surface area (Å²) in [4.78, 5) is 26.1. The van der Waals surface area contributed by atoms with Gasteiger partial charge in [-0.2, -0.15) is 13.2 Å². The van der Waals surface area contributed by atoms with Crippen molar-refractivity contribution in [3.8, 4) is 22.3 Å². The van der Waals surface area contributed by atoms with Crippen LogP contribution in [0.2, 0.25) is 0 Å². The van der Waals surface area contributed by atoms with Crippen molar-refractivity contribution in [1.29, 1.82) is 0 Å². The summed E-state index contributed by atoms with van der Waals surface area (Å²) < 4.78 is 40.6. The number of hydrogen-bond donors (Lipinski definition) is 2. The monoisotopic (exact) mass is 567 g/mol. The molecule has 0 saturated carbocycles. The number of anilines is 1. The fraction of sp³-hybridized carbons (Fsp3) is 0.118. The van der Waals surface area contributed by atoms with Gasteiger partial charge in [0.15, 0.2) is 0 Å². The molecule has 0 fully saturated rings. The number of rotatable bonds is 7. The van der Waals surface area contributed by atoms with Crippen LogP contribution >= 0.6 is 0 Å². The number of aryl methyl sites for hydroxylation is 2. The Morgan fingerprint density at radius 3 is 2.02 bits per heavy atom. The molecule has 0 spiro atoms. The zero-order valence-corrected chi connectivity index (χ0v) is 23.0. The SMILES string of the molecule is Cc1ccccc1-c1ccc(CNC(=O)c2cc(NC(=O)c3ccccc3-c3ccc(C(F)(F)F)cc3)cn2C)cc1. The first kappa shape index (κ1) is 28.4. The van der Waals surface area contributed by atoms with Crippen LogP contribution < -0.4 is 10.6 Å². The molecule has 8 heteroatoms. The fourth-order valence-corrected chi connectivity index (χ4v) is 4.80. The Bertz CT molecular complexity index is 1740. The Morgan fingerprint density at radius 2 is 1.36 bits per heavy atom. The number of benzene rings is 4. The van der Waals surface area contributed by atoms with E-state index >= 15 is 0 Å². The van der Waals surface area contributed by atoms with E-state index in [4.69, 9.17) is 0 Å². The van der Waals surface area contributed by atoms with Crippen LogP contribution in [0.5, 0.6) is 0 Å². The Labute approximate surface area is 241 Å². The van der Waals surface area contributed by atoms with Crippen molar-refractivity contribution < 1.29 is 22.8 Å². The van der Waals surface area contributed by atoms with E-state index < -0.39 is 17.6 Å². The fourth-order valence-electron chi connectivity index (χ4n) is 4.80. The molecule has 0 bridgehead atoms. The van der Waals surface area contributed by atoms with Crippen molar-refractivity contribution in [2.24, 2.45) is 7.05 Å². The van der Waals surface area contributed by atoms with Crippen LogP contribution in [-0.4, -0.2) is 16.4 Å². The van der Waals surface area contributed by atoms with Crippen molar-refractivity contribution in [2.45, 2.75) is 19.6 Å².